The molecule has 2 saturated carbocycles. The van der Waals surface area contributed by atoms with Crippen LogP contribution in [0.4, 0.5) is 0 Å². The molecule has 4 aliphatic rings. The van der Waals surface area contributed by atoms with Crippen molar-refractivity contribution in [3.05, 3.63) is 143 Å². The molecule has 280 valence electrons. The van der Waals surface area contributed by atoms with E-state index >= 15 is 0 Å². The highest BCUT2D eigenvalue weighted by molar-refractivity contribution is 6.89. The van der Waals surface area contributed by atoms with E-state index < -0.39 is 13.6 Å². The Morgan fingerprint density at radius 1 is 0.625 bits per heavy atom. The van der Waals surface area contributed by atoms with E-state index in [1.807, 2.05) is 0 Å². The largest absolute Gasteiger partial charge is 0.455 e. The maximum atomic E-state index is 7.16. The number of nitrogens with zero attached hydrogens (tertiary/aromatic N) is 1. The predicted molar refractivity (Wildman–Crippen MR) is 235 cm³/mol. The molecule has 2 nitrogen and oxygen atoms in total. The van der Waals surface area contributed by atoms with Crippen LogP contribution in [0.3, 0.4) is 0 Å². The molecule has 0 saturated heterocycles. The second-order valence-corrected chi connectivity index (χ2v) is 23.8. The Labute approximate surface area is 333 Å². The van der Waals surface area contributed by atoms with Crippen LogP contribution in [0.1, 0.15) is 92.0 Å². The molecule has 0 radical (unpaired) electrons. The minimum absolute atomic E-state index is 0.519. The Kier molecular flexibility index (Phi) is 8.11. The Bertz CT molecular complexity index is 2650. The first-order valence-electron chi connectivity index (χ1n) is 21.8. The number of hydrogen-bond acceptors (Lipinski definition) is 1. The SMILES string of the molecule is C[Si](C)(C)c1cc2c(cc1CC1CCCCC1)-c1ccccc1C21c2cc(-c3ccccc3)c3c(oc4ccccc43)c2-c2cc(CC3CCCCC3)cc[n+]21. The first-order chi connectivity index (χ1) is 27.4. The number of aromatic nitrogens is 1. The molecule has 0 N–H and O–H groups in total. The molecule has 11 rings (SSSR count). The van der Waals surface area contributed by atoms with E-state index in [9.17, 15) is 0 Å². The van der Waals surface area contributed by atoms with E-state index in [2.05, 4.69) is 140 Å². The van der Waals surface area contributed by atoms with Gasteiger partial charge in [-0.3, -0.25) is 0 Å². The summed E-state index contributed by atoms with van der Waals surface area (Å²) in [6.45, 7) is 7.71. The fourth-order valence-electron chi connectivity index (χ4n) is 11.8. The van der Waals surface area contributed by atoms with Crippen LogP contribution in [-0.2, 0) is 18.4 Å². The summed E-state index contributed by atoms with van der Waals surface area (Å²) < 4.78 is 9.84. The molecule has 7 aromatic rings. The van der Waals surface area contributed by atoms with Crippen LogP contribution in [0.2, 0.25) is 19.6 Å². The molecule has 3 aliphatic carbocycles. The van der Waals surface area contributed by atoms with Crippen LogP contribution in [-0.4, -0.2) is 8.07 Å². The lowest BCUT2D eigenvalue weighted by molar-refractivity contribution is -0.717. The van der Waals surface area contributed by atoms with Crippen molar-refractivity contribution in [2.24, 2.45) is 11.8 Å². The van der Waals surface area contributed by atoms with Gasteiger partial charge in [-0.1, -0.05) is 174 Å². The van der Waals surface area contributed by atoms with Gasteiger partial charge in [-0.2, -0.15) is 4.57 Å². The summed E-state index contributed by atoms with van der Waals surface area (Å²) in [5, 5.41) is 4.06. The summed E-state index contributed by atoms with van der Waals surface area (Å²) in [5.41, 5.74) is 16.6. The quantitative estimate of drug-likeness (QED) is 0.122. The zero-order chi connectivity index (χ0) is 37.6. The summed E-state index contributed by atoms with van der Waals surface area (Å²) in [7, 11) is -1.75. The van der Waals surface area contributed by atoms with E-state index in [1.54, 1.807) is 10.8 Å². The van der Waals surface area contributed by atoms with Gasteiger partial charge in [0.2, 0.25) is 11.2 Å². The van der Waals surface area contributed by atoms with E-state index in [0.29, 0.717) is 0 Å². The first-order valence-corrected chi connectivity index (χ1v) is 25.3. The minimum Gasteiger partial charge on any atom is -0.455 e. The van der Waals surface area contributed by atoms with Gasteiger partial charge in [-0.05, 0) is 70.2 Å². The van der Waals surface area contributed by atoms with Crippen molar-refractivity contribution in [2.75, 3.05) is 0 Å². The first kappa shape index (κ1) is 34.5. The van der Waals surface area contributed by atoms with Crippen molar-refractivity contribution in [2.45, 2.75) is 102 Å². The van der Waals surface area contributed by atoms with Gasteiger partial charge < -0.3 is 4.42 Å². The molecule has 2 aromatic heterocycles. The van der Waals surface area contributed by atoms with Crippen LogP contribution in [0.5, 0.6) is 0 Å². The van der Waals surface area contributed by atoms with Gasteiger partial charge in [-0.25, -0.2) is 0 Å². The Balaban J connectivity index is 1.25. The molecule has 5 aromatic carbocycles. The molecule has 1 unspecified atom stereocenters. The zero-order valence-electron chi connectivity index (χ0n) is 33.5. The van der Waals surface area contributed by atoms with Gasteiger partial charge >= 0.3 is 0 Å². The molecular formula is C53H54NOSi+. The third kappa shape index (κ3) is 5.22. The van der Waals surface area contributed by atoms with Crippen molar-refractivity contribution in [1.29, 1.82) is 0 Å². The van der Waals surface area contributed by atoms with E-state index in [1.165, 1.54) is 137 Å². The monoisotopic (exact) mass is 748 g/mol. The highest BCUT2D eigenvalue weighted by Gasteiger charge is 2.60. The van der Waals surface area contributed by atoms with E-state index in [-0.39, 0.29) is 0 Å². The van der Waals surface area contributed by atoms with Crippen molar-refractivity contribution in [1.82, 2.24) is 0 Å². The van der Waals surface area contributed by atoms with Crippen LogP contribution in [0.15, 0.2) is 120 Å². The van der Waals surface area contributed by atoms with Gasteiger partial charge in [-0.15, -0.1) is 0 Å². The van der Waals surface area contributed by atoms with Crippen molar-refractivity contribution in [3.8, 4) is 33.5 Å². The summed E-state index contributed by atoms with van der Waals surface area (Å²) in [6, 6.07) is 42.2. The lowest BCUT2D eigenvalue weighted by Gasteiger charge is -2.29. The second kappa shape index (κ2) is 13.2. The van der Waals surface area contributed by atoms with Crippen molar-refractivity contribution in [3.63, 3.8) is 0 Å². The molecule has 56 heavy (non-hydrogen) atoms. The van der Waals surface area contributed by atoms with Crippen molar-refractivity contribution < 1.29 is 8.98 Å². The highest BCUT2D eigenvalue weighted by Crippen LogP contribution is 2.58. The van der Waals surface area contributed by atoms with Gasteiger partial charge in [0.25, 0.3) is 0 Å². The maximum absolute atomic E-state index is 7.16. The number of furan rings is 1. The fourth-order valence-corrected chi connectivity index (χ4v) is 13.5. The molecule has 1 spiro atoms. The number of pyridine rings is 1. The van der Waals surface area contributed by atoms with Crippen LogP contribution in [0, 0.1) is 11.8 Å². The highest BCUT2D eigenvalue weighted by atomic mass is 28.3. The number of rotatable bonds is 6. The summed E-state index contributed by atoms with van der Waals surface area (Å²) in [4.78, 5) is 0. The average molecular weight is 749 g/mol. The molecule has 3 heteroatoms. The van der Waals surface area contributed by atoms with Crippen LogP contribution >= 0.6 is 0 Å². The zero-order valence-corrected chi connectivity index (χ0v) is 34.5. The van der Waals surface area contributed by atoms with E-state index in [0.717, 1.165) is 29.4 Å². The minimum atomic E-state index is -1.75. The van der Waals surface area contributed by atoms with Gasteiger partial charge in [0.05, 0.1) is 13.6 Å². The molecular weight excluding hydrogens is 695 g/mol. The molecule has 0 bridgehead atoms. The van der Waals surface area contributed by atoms with Gasteiger partial charge in [0, 0.05) is 34.0 Å². The smallest absolute Gasteiger partial charge is 0.246 e. The second-order valence-electron chi connectivity index (χ2n) is 18.8. The third-order valence-corrected chi connectivity index (χ3v) is 16.4. The average Bonchev–Trinajstić information content (AvgIpc) is 3.85. The normalized spacial score (nSPS) is 19.4. The Morgan fingerprint density at radius 3 is 2.09 bits per heavy atom. The predicted octanol–water partition coefficient (Wildman–Crippen LogP) is 13.1. The molecule has 1 atom stereocenters. The maximum Gasteiger partial charge on any atom is 0.246 e. The number of benzene rings is 5. The van der Waals surface area contributed by atoms with Crippen LogP contribution < -0.4 is 9.75 Å². The molecule has 0 amide bonds. The summed E-state index contributed by atoms with van der Waals surface area (Å²) in [5.74, 6) is 1.56. The fraction of sp³-hybridized carbons (Fsp3) is 0.340. The Morgan fingerprint density at radius 2 is 1.32 bits per heavy atom. The molecule has 3 heterocycles. The Hall–Kier alpha value is -4.73. The number of fused-ring (bicyclic) bond motifs is 14. The third-order valence-electron chi connectivity index (χ3n) is 14.3. The molecule has 2 fully saturated rings. The summed E-state index contributed by atoms with van der Waals surface area (Å²) >= 11 is 0. The standard InChI is InChI=1S/C53H54NOSi/c1-56(2,3)49-34-45-43(32-39(49)30-36-19-9-5-10-20-36)40-23-13-15-25-44(40)53(45)46-33-42(38-21-11-6-12-22-38)50-41-24-14-16-26-48(41)55-52(50)51(46)47-31-37(27-28-54(47)53)29-35-17-7-4-8-18-35/h6,11-16,21-28,31-36H,4-5,7-10,17-20,29-30H2,1-3H3/q+1. The number of hydrogen-bond donors (Lipinski definition) is 0. The topological polar surface area (TPSA) is 17.0 Å². The molecule has 1 aliphatic heterocycles. The lowest BCUT2D eigenvalue weighted by atomic mass is 9.78. The van der Waals surface area contributed by atoms with Gasteiger partial charge in [0.1, 0.15) is 11.1 Å². The van der Waals surface area contributed by atoms with E-state index in [4.69, 9.17) is 4.42 Å². The lowest BCUT2D eigenvalue weighted by Crippen LogP contribution is -2.55. The summed E-state index contributed by atoms with van der Waals surface area (Å²) in [6.07, 6.45) is 18.6. The van der Waals surface area contributed by atoms with Crippen molar-refractivity contribution >= 4 is 35.2 Å². The van der Waals surface area contributed by atoms with Gasteiger partial charge in [0.15, 0.2) is 11.8 Å². The van der Waals surface area contributed by atoms with Crippen LogP contribution in [0.25, 0.3) is 55.4 Å². The number of para-hydroxylation sites is 1.